The predicted octanol–water partition coefficient (Wildman–Crippen LogP) is 2.57. The van der Waals surface area contributed by atoms with E-state index < -0.39 is 0 Å². The van der Waals surface area contributed by atoms with E-state index in [2.05, 4.69) is 38.3 Å². The number of ether oxygens (including phenoxy) is 2. The number of benzene rings is 1. The lowest BCUT2D eigenvalue weighted by Gasteiger charge is -2.37. The minimum atomic E-state index is 0.688. The van der Waals surface area contributed by atoms with Crippen LogP contribution in [0, 0.1) is 6.92 Å². The van der Waals surface area contributed by atoms with Crippen molar-refractivity contribution in [2.24, 2.45) is 0 Å². The van der Waals surface area contributed by atoms with Gasteiger partial charge in [-0.2, -0.15) is 4.98 Å². The molecule has 0 unspecified atom stereocenters. The average molecular weight is 371 g/mol. The molecular formula is C20H29N5O2. The fraction of sp³-hybridized carbons (Fsp3) is 0.500. The van der Waals surface area contributed by atoms with Gasteiger partial charge in [0.25, 0.3) is 0 Å². The highest BCUT2D eigenvalue weighted by Crippen LogP contribution is 2.29. The third kappa shape index (κ3) is 5.01. The molecule has 0 bridgehead atoms. The molecule has 3 rings (SSSR count). The van der Waals surface area contributed by atoms with Crippen LogP contribution in [0.3, 0.4) is 0 Å². The fourth-order valence-electron chi connectivity index (χ4n) is 3.28. The van der Waals surface area contributed by atoms with Crippen molar-refractivity contribution in [2.45, 2.75) is 13.3 Å². The molecule has 1 aliphatic heterocycles. The number of nitrogens with zero attached hydrogens (tertiary/aromatic N) is 4. The first-order chi connectivity index (χ1) is 13.2. The van der Waals surface area contributed by atoms with Gasteiger partial charge in [-0.3, -0.25) is 0 Å². The molecule has 0 aliphatic carbocycles. The summed E-state index contributed by atoms with van der Waals surface area (Å²) in [6.07, 6.45) is 0.931. The van der Waals surface area contributed by atoms with Crippen molar-refractivity contribution in [1.29, 1.82) is 0 Å². The number of aryl methyl sites for hydroxylation is 1. The molecule has 1 aromatic carbocycles. The number of methoxy groups -OCH3 is 2. The smallest absolute Gasteiger partial charge is 0.224 e. The Morgan fingerprint density at radius 1 is 1.04 bits per heavy atom. The van der Waals surface area contributed by atoms with E-state index in [0.29, 0.717) is 5.95 Å². The number of nitrogens with one attached hydrogen (secondary N) is 1. The Balaban J connectivity index is 1.62. The number of para-hydroxylation sites is 2. The normalized spacial score (nSPS) is 14.3. The largest absolute Gasteiger partial charge is 0.495 e. The summed E-state index contributed by atoms with van der Waals surface area (Å²) in [7, 11) is 3.44. The molecule has 0 radical (unpaired) electrons. The minimum Gasteiger partial charge on any atom is -0.495 e. The maximum atomic E-state index is 5.50. The van der Waals surface area contributed by atoms with Crippen LogP contribution in [0.25, 0.3) is 0 Å². The van der Waals surface area contributed by atoms with Gasteiger partial charge in [0.15, 0.2) is 0 Å². The predicted molar refractivity (Wildman–Crippen MR) is 109 cm³/mol. The molecule has 7 nitrogen and oxygen atoms in total. The van der Waals surface area contributed by atoms with Crippen LogP contribution in [0.5, 0.6) is 5.75 Å². The zero-order valence-corrected chi connectivity index (χ0v) is 16.4. The zero-order valence-electron chi connectivity index (χ0n) is 16.4. The van der Waals surface area contributed by atoms with Gasteiger partial charge in [0.1, 0.15) is 11.6 Å². The summed E-state index contributed by atoms with van der Waals surface area (Å²) in [4.78, 5) is 13.9. The van der Waals surface area contributed by atoms with Crippen LogP contribution in [-0.2, 0) is 4.74 Å². The zero-order chi connectivity index (χ0) is 19.1. The van der Waals surface area contributed by atoms with Gasteiger partial charge >= 0.3 is 0 Å². The number of rotatable bonds is 8. The van der Waals surface area contributed by atoms with Gasteiger partial charge in [0, 0.05) is 58.2 Å². The molecule has 7 heteroatoms. The summed E-state index contributed by atoms with van der Waals surface area (Å²) in [5, 5.41) is 3.29. The average Bonchev–Trinajstić information content (AvgIpc) is 2.71. The first kappa shape index (κ1) is 19.2. The van der Waals surface area contributed by atoms with Crippen molar-refractivity contribution in [1.82, 2.24) is 9.97 Å². The standard InChI is InChI=1S/C20H29N5O2/c1-16-15-19(23-20(22-16)21-9-6-14-26-2)25-12-10-24(11-13-25)17-7-4-5-8-18(17)27-3/h4-5,7-8,15H,6,9-14H2,1-3H3,(H,21,22,23). The van der Waals surface area contributed by atoms with Crippen LogP contribution < -0.4 is 19.9 Å². The maximum absolute atomic E-state index is 5.50. The van der Waals surface area contributed by atoms with Crippen molar-refractivity contribution < 1.29 is 9.47 Å². The van der Waals surface area contributed by atoms with Gasteiger partial charge in [-0.1, -0.05) is 12.1 Å². The van der Waals surface area contributed by atoms with Gasteiger partial charge in [-0.25, -0.2) is 4.98 Å². The first-order valence-corrected chi connectivity index (χ1v) is 9.42. The van der Waals surface area contributed by atoms with Gasteiger partial charge in [-0.05, 0) is 25.5 Å². The number of piperazine rings is 1. The lowest BCUT2D eigenvalue weighted by atomic mass is 10.2. The quantitative estimate of drug-likeness (QED) is 0.716. The summed E-state index contributed by atoms with van der Waals surface area (Å²) in [6.45, 7) is 7.24. The van der Waals surface area contributed by atoms with E-state index >= 15 is 0 Å². The number of hydrogen-bond acceptors (Lipinski definition) is 7. The summed E-state index contributed by atoms with van der Waals surface area (Å²) in [5.41, 5.74) is 2.13. The molecule has 1 aliphatic rings. The molecule has 0 saturated carbocycles. The highest BCUT2D eigenvalue weighted by atomic mass is 16.5. The SMILES string of the molecule is COCCCNc1nc(C)cc(N2CCN(c3ccccc3OC)CC2)n1. The summed E-state index contributed by atoms with van der Waals surface area (Å²) >= 11 is 0. The van der Waals surface area contributed by atoms with E-state index in [1.165, 1.54) is 0 Å². The van der Waals surface area contributed by atoms with E-state index in [9.17, 15) is 0 Å². The van der Waals surface area contributed by atoms with E-state index in [-0.39, 0.29) is 0 Å². The van der Waals surface area contributed by atoms with Crippen molar-refractivity contribution >= 4 is 17.5 Å². The van der Waals surface area contributed by atoms with E-state index in [1.807, 2.05) is 19.1 Å². The third-order valence-electron chi connectivity index (χ3n) is 4.68. The Morgan fingerprint density at radius 3 is 2.52 bits per heavy atom. The molecule has 27 heavy (non-hydrogen) atoms. The Labute approximate surface area is 161 Å². The van der Waals surface area contributed by atoms with Gasteiger partial charge in [-0.15, -0.1) is 0 Å². The van der Waals surface area contributed by atoms with E-state index in [0.717, 1.165) is 68.7 Å². The molecule has 1 fully saturated rings. The fourth-order valence-corrected chi connectivity index (χ4v) is 3.28. The highest BCUT2D eigenvalue weighted by molar-refractivity contribution is 5.59. The lowest BCUT2D eigenvalue weighted by molar-refractivity contribution is 0.197. The Hall–Kier alpha value is -2.54. The van der Waals surface area contributed by atoms with Crippen LogP contribution >= 0.6 is 0 Å². The van der Waals surface area contributed by atoms with Crippen LogP contribution in [0.1, 0.15) is 12.1 Å². The summed E-state index contributed by atoms with van der Waals surface area (Å²) < 4.78 is 10.6. The molecule has 0 spiro atoms. The lowest BCUT2D eigenvalue weighted by Crippen LogP contribution is -2.47. The molecule has 2 aromatic rings. The van der Waals surface area contributed by atoms with Crippen LogP contribution in [-0.4, -0.2) is 63.5 Å². The van der Waals surface area contributed by atoms with Crippen molar-refractivity contribution in [2.75, 3.05) is 68.7 Å². The van der Waals surface area contributed by atoms with Crippen LogP contribution in [0.2, 0.25) is 0 Å². The Morgan fingerprint density at radius 2 is 1.78 bits per heavy atom. The second-order valence-corrected chi connectivity index (χ2v) is 6.61. The van der Waals surface area contributed by atoms with E-state index in [1.54, 1.807) is 14.2 Å². The Kier molecular flexibility index (Phi) is 6.70. The molecule has 1 N–H and O–H groups in total. The molecule has 0 atom stereocenters. The highest BCUT2D eigenvalue weighted by Gasteiger charge is 2.21. The third-order valence-corrected chi connectivity index (χ3v) is 4.68. The number of hydrogen-bond donors (Lipinski definition) is 1. The molecule has 1 saturated heterocycles. The Bertz CT molecular complexity index is 732. The van der Waals surface area contributed by atoms with Crippen LogP contribution in [0.15, 0.2) is 30.3 Å². The van der Waals surface area contributed by atoms with Crippen LogP contribution in [0.4, 0.5) is 17.5 Å². The van der Waals surface area contributed by atoms with Gasteiger partial charge in [0.05, 0.1) is 12.8 Å². The van der Waals surface area contributed by atoms with Crippen molar-refractivity contribution in [3.63, 3.8) is 0 Å². The monoisotopic (exact) mass is 371 g/mol. The van der Waals surface area contributed by atoms with Crippen molar-refractivity contribution in [3.8, 4) is 5.75 Å². The van der Waals surface area contributed by atoms with E-state index in [4.69, 9.17) is 14.5 Å². The number of aromatic nitrogens is 2. The molecule has 146 valence electrons. The summed E-state index contributed by atoms with van der Waals surface area (Å²) in [5.74, 6) is 2.59. The number of anilines is 3. The second-order valence-electron chi connectivity index (χ2n) is 6.61. The maximum Gasteiger partial charge on any atom is 0.224 e. The van der Waals surface area contributed by atoms with Gasteiger partial charge in [0.2, 0.25) is 5.95 Å². The van der Waals surface area contributed by atoms with Crippen molar-refractivity contribution in [3.05, 3.63) is 36.0 Å². The first-order valence-electron chi connectivity index (χ1n) is 9.42. The minimum absolute atomic E-state index is 0.688. The molecular weight excluding hydrogens is 342 g/mol. The van der Waals surface area contributed by atoms with Gasteiger partial charge < -0.3 is 24.6 Å². The topological polar surface area (TPSA) is 62.8 Å². The molecule has 2 heterocycles. The molecule has 0 amide bonds. The summed E-state index contributed by atoms with van der Waals surface area (Å²) in [6, 6.07) is 10.2. The molecule has 1 aromatic heterocycles. The second kappa shape index (κ2) is 9.41.